The number of carbonyl (C=O) groups is 1. The minimum atomic E-state index is -0.387. The fourth-order valence-corrected chi connectivity index (χ4v) is 3.30. The first-order valence-electron chi connectivity index (χ1n) is 7.26. The summed E-state index contributed by atoms with van der Waals surface area (Å²) in [5, 5.41) is 0.528. The van der Waals surface area contributed by atoms with Gasteiger partial charge in [-0.3, -0.25) is 9.36 Å². The molecule has 120 valence electrons. The largest absolute Gasteiger partial charge is 0.462 e. The summed E-state index contributed by atoms with van der Waals surface area (Å²) in [6, 6.07) is 0. The normalized spacial score (nSPS) is 11.3. The summed E-state index contributed by atoms with van der Waals surface area (Å²) in [4.78, 5) is 32.0. The summed E-state index contributed by atoms with van der Waals surface area (Å²) in [6.45, 7) is 5.37. The van der Waals surface area contributed by atoms with E-state index in [1.165, 1.54) is 11.3 Å². The molecule has 0 aliphatic carbocycles. The van der Waals surface area contributed by atoms with Crippen molar-refractivity contribution in [3.05, 3.63) is 27.1 Å². The molecule has 2 aromatic rings. The number of aryl methyl sites for hydroxylation is 2. The van der Waals surface area contributed by atoms with Crippen LogP contribution in [0.4, 0.5) is 0 Å². The molecule has 2 heterocycles. The average molecular weight is 323 g/mol. The molecule has 0 fully saturated rings. The standard InChI is InChI=1S/C15H21N3O3S/c1-5-21-15(20)12-10(2)11-13(22-12)16-9-18(14(11)19)8-6-7-17(3)4/h9H,5-8H2,1-4H3. The summed E-state index contributed by atoms with van der Waals surface area (Å²) in [5.41, 5.74) is 0.575. The molecule has 0 aliphatic heterocycles. The first-order valence-corrected chi connectivity index (χ1v) is 8.07. The van der Waals surface area contributed by atoms with Crippen molar-refractivity contribution in [3.8, 4) is 0 Å². The van der Waals surface area contributed by atoms with Gasteiger partial charge >= 0.3 is 5.97 Å². The number of nitrogens with zero attached hydrogens (tertiary/aromatic N) is 3. The highest BCUT2D eigenvalue weighted by Crippen LogP contribution is 2.27. The Balaban J connectivity index is 2.36. The Labute approximate surface area is 133 Å². The van der Waals surface area contributed by atoms with Crippen molar-refractivity contribution in [2.75, 3.05) is 27.2 Å². The van der Waals surface area contributed by atoms with Crippen LogP contribution in [0.2, 0.25) is 0 Å². The molecule has 2 rings (SSSR count). The van der Waals surface area contributed by atoms with E-state index < -0.39 is 0 Å². The van der Waals surface area contributed by atoms with Gasteiger partial charge in [0.2, 0.25) is 0 Å². The zero-order valence-electron chi connectivity index (χ0n) is 13.4. The number of ether oxygens (including phenoxy) is 1. The first-order chi connectivity index (χ1) is 10.5. The third-order valence-electron chi connectivity index (χ3n) is 3.38. The second-order valence-electron chi connectivity index (χ2n) is 5.36. The lowest BCUT2D eigenvalue weighted by Gasteiger charge is -2.10. The molecule has 0 atom stereocenters. The van der Waals surface area contributed by atoms with E-state index in [0.29, 0.717) is 33.8 Å². The van der Waals surface area contributed by atoms with Gasteiger partial charge in [0, 0.05) is 6.54 Å². The summed E-state index contributed by atoms with van der Waals surface area (Å²) in [7, 11) is 4.00. The van der Waals surface area contributed by atoms with Gasteiger partial charge in [0.25, 0.3) is 5.56 Å². The lowest BCUT2D eigenvalue weighted by Crippen LogP contribution is -2.23. The van der Waals surface area contributed by atoms with Crippen molar-refractivity contribution in [1.82, 2.24) is 14.5 Å². The fourth-order valence-electron chi connectivity index (χ4n) is 2.27. The van der Waals surface area contributed by atoms with Crippen LogP contribution in [0.1, 0.15) is 28.6 Å². The fraction of sp³-hybridized carbons (Fsp3) is 0.533. The van der Waals surface area contributed by atoms with Crippen molar-refractivity contribution in [2.24, 2.45) is 0 Å². The van der Waals surface area contributed by atoms with Gasteiger partial charge in [0.15, 0.2) is 0 Å². The number of rotatable bonds is 6. The molecule has 0 radical (unpaired) electrons. The third-order valence-corrected chi connectivity index (χ3v) is 4.56. The van der Waals surface area contributed by atoms with Gasteiger partial charge in [-0.1, -0.05) is 0 Å². The van der Waals surface area contributed by atoms with Crippen LogP contribution in [-0.4, -0.2) is 47.7 Å². The Kier molecular flexibility index (Phi) is 5.31. The maximum atomic E-state index is 12.6. The topological polar surface area (TPSA) is 64.4 Å². The van der Waals surface area contributed by atoms with Gasteiger partial charge in [-0.15, -0.1) is 11.3 Å². The number of hydrogen-bond acceptors (Lipinski definition) is 6. The van der Waals surface area contributed by atoms with Crippen molar-refractivity contribution < 1.29 is 9.53 Å². The van der Waals surface area contributed by atoms with E-state index in [0.717, 1.165) is 13.0 Å². The summed E-state index contributed by atoms with van der Waals surface area (Å²) < 4.78 is 6.64. The molecule has 0 saturated heterocycles. The van der Waals surface area contributed by atoms with E-state index in [9.17, 15) is 9.59 Å². The highest BCUT2D eigenvalue weighted by atomic mass is 32.1. The van der Waals surface area contributed by atoms with E-state index in [1.54, 1.807) is 24.7 Å². The molecule has 0 saturated carbocycles. The van der Waals surface area contributed by atoms with E-state index in [-0.39, 0.29) is 11.5 Å². The summed E-state index contributed by atoms with van der Waals surface area (Å²) in [5.74, 6) is -0.387. The zero-order valence-corrected chi connectivity index (χ0v) is 14.2. The van der Waals surface area contributed by atoms with Crippen molar-refractivity contribution >= 4 is 27.5 Å². The molecule has 0 aromatic carbocycles. The lowest BCUT2D eigenvalue weighted by atomic mass is 10.2. The molecular formula is C15H21N3O3S. The van der Waals surface area contributed by atoms with Crippen molar-refractivity contribution in [2.45, 2.75) is 26.8 Å². The van der Waals surface area contributed by atoms with Crippen molar-refractivity contribution in [1.29, 1.82) is 0 Å². The van der Waals surface area contributed by atoms with Crippen LogP contribution in [0, 0.1) is 6.92 Å². The number of thiophene rings is 1. The average Bonchev–Trinajstić information content (AvgIpc) is 2.79. The van der Waals surface area contributed by atoms with Crippen LogP contribution in [0.3, 0.4) is 0 Å². The minimum Gasteiger partial charge on any atom is -0.462 e. The van der Waals surface area contributed by atoms with Gasteiger partial charge in [-0.2, -0.15) is 0 Å². The first kappa shape index (κ1) is 16.6. The number of carbonyl (C=O) groups excluding carboxylic acids is 1. The Bertz CT molecular complexity index is 733. The number of esters is 1. The second-order valence-corrected chi connectivity index (χ2v) is 6.36. The molecule has 7 heteroatoms. The predicted octanol–water partition coefficient (Wildman–Crippen LogP) is 1.89. The Hall–Kier alpha value is -1.73. The Morgan fingerprint density at radius 1 is 1.45 bits per heavy atom. The highest BCUT2D eigenvalue weighted by molar-refractivity contribution is 7.20. The molecule has 0 bridgehead atoms. The third kappa shape index (κ3) is 3.36. The molecule has 0 spiro atoms. The SMILES string of the molecule is CCOC(=O)c1sc2ncn(CCCN(C)C)c(=O)c2c1C. The maximum Gasteiger partial charge on any atom is 0.348 e. The molecule has 2 aromatic heterocycles. The predicted molar refractivity (Wildman–Crippen MR) is 87.7 cm³/mol. The van der Waals surface area contributed by atoms with Gasteiger partial charge in [0.05, 0.1) is 18.3 Å². The molecule has 0 amide bonds. The van der Waals surface area contributed by atoms with Crippen LogP contribution >= 0.6 is 11.3 Å². The molecule has 0 aliphatic rings. The molecule has 6 nitrogen and oxygen atoms in total. The molecule has 22 heavy (non-hydrogen) atoms. The Morgan fingerprint density at radius 3 is 2.82 bits per heavy atom. The highest BCUT2D eigenvalue weighted by Gasteiger charge is 2.20. The number of aromatic nitrogens is 2. The van der Waals surface area contributed by atoms with E-state index in [2.05, 4.69) is 9.88 Å². The maximum absolute atomic E-state index is 12.6. The lowest BCUT2D eigenvalue weighted by molar-refractivity contribution is 0.0531. The summed E-state index contributed by atoms with van der Waals surface area (Å²) in [6.07, 6.45) is 2.43. The quantitative estimate of drug-likeness (QED) is 0.760. The van der Waals surface area contributed by atoms with E-state index >= 15 is 0 Å². The second kappa shape index (κ2) is 7.02. The minimum absolute atomic E-state index is 0.0898. The van der Waals surface area contributed by atoms with Crippen LogP contribution < -0.4 is 5.56 Å². The zero-order chi connectivity index (χ0) is 16.3. The Morgan fingerprint density at radius 2 is 2.18 bits per heavy atom. The molecule has 0 unspecified atom stereocenters. The van der Waals surface area contributed by atoms with Crippen LogP contribution in [0.25, 0.3) is 10.2 Å². The monoisotopic (exact) mass is 323 g/mol. The molecular weight excluding hydrogens is 302 g/mol. The van der Waals surface area contributed by atoms with E-state index in [4.69, 9.17) is 4.74 Å². The van der Waals surface area contributed by atoms with Crippen molar-refractivity contribution in [3.63, 3.8) is 0 Å². The van der Waals surface area contributed by atoms with Crippen LogP contribution in [-0.2, 0) is 11.3 Å². The number of fused-ring (bicyclic) bond motifs is 1. The van der Waals surface area contributed by atoms with Gasteiger partial charge in [-0.25, -0.2) is 9.78 Å². The number of hydrogen-bond donors (Lipinski definition) is 0. The smallest absolute Gasteiger partial charge is 0.348 e. The van der Waals surface area contributed by atoms with Crippen LogP contribution in [0.5, 0.6) is 0 Å². The summed E-state index contributed by atoms with van der Waals surface area (Å²) >= 11 is 1.22. The van der Waals surface area contributed by atoms with Gasteiger partial charge in [-0.05, 0) is 46.5 Å². The van der Waals surface area contributed by atoms with Gasteiger partial charge in [0.1, 0.15) is 9.71 Å². The van der Waals surface area contributed by atoms with E-state index in [1.807, 2.05) is 14.1 Å². The van der Waals surface area contributed by atoms with Crippen LogP contribution in [0.15, 0.2) is 11.1 Å². The van der Waals surface area contributed by atoms with Gasteiger partial charge < -0.3 is 9.64 Å². The molecule has 0 N–H and O–H groups in total.